The first-order chi connectivity index (χ1) is 32.0. The number of carbonyl (C=O) groups is 1. The molecule has 1 unspecified atom stereocenters. The molecule has 0 radical (unpaired) electrons. The fraction of sp³-hybridized carbons (Fsp3) is 0.354. The molecule has 17 nitrogen and oxygen atoms in total. The SMILES string of the molecule is COc1ccc(C(OC[C@@H]2C[C@@H](OP(OCCC#N)N(C(C)C)C(C)C)[C@H](n3cnc4c(NC(=O)OCCc5ccc([N+](=O)[O-])cc5)ncnc43)O2)(c2ccccc2)c2ccccc2)cc1. The van der Waals surface area contributed by atoms with Gasteiger partial charge in [0.2, 0.25) is 0 Å². The molecule has 1 fully saturated rings. The van der Waals surface area contributed by atoms with Gasteiger partial charge in [-0.3, -0.25) is 20.0 Å². The maximum Gasteiger partial charge on any atom is 0.412 e. The summed E-state index contributed by atoms with van der Waals surface area (Å²) in [5.41, 5.74) is 3.08. The van der Waals surface area contributed by atoms with E-state index >= 15 is 0 Å². The number of nitrogens with one attached hydrogen (secondary N) is 1. The molecular formula is C48H53N8O9P. The van der Waals surface area contributed by atoms with Gasteiger partial charge in [-0.25, -0.2) is 24.4 Å². The lowest BCUT2D eigenvalue weighted by atomic mass is 9.80. The van der Waals surface area contributed by atoms with Crippen molar-refractivity contribution in [2.75, 3.05) is 32.2 Å². The van der Waals surface area contributed by atoms with E-state index in [1.54, 1.807) is 30.1 Å². The number of amides is 1. The van der Waals surface area contributed by atoms with Gasteiger partial charge in [0.25, 0.3) is 14.2 Å². The summed E-state index contributed by atoms with van der Waals surface area (Å²) in [6.45, 7) is 8.64. The maximum absolute atomic E-state index is 13.0. The summed E-state index contributed by atoms with van der Waals surface area (Å²) >= 11 is 0. The van der Waals surface area contributed by atoms with Crippen LogP contribution >= 0.6 is 8.53 Å². The van der Waals surface area contributed by atoms with Crippen LogP contribution in [0.3, 0.4) is 0 Å². The predicted molar refractivity (Wildman–Crippen MR) is 247 cm³/mol. The van der Waals surface area contributed by atoms with E-state index in [-0.39, 0.29) is 55.3 Å². The molecular weight excluding hydrogens is 864 g/mol. The quantitative estimate of drug-likeness (QED) is 0.0235. The molecule has 4 atom stereocenters. The number of nitro groups is 1. The third-order valence-corrected chi connectivity index (χ3v) is 13.2. The van der Waals surface area contributed by atoms with Gasteiger partial charge in [0.15, 0.2) is 23.2 Å². The molecule has 1 aliphatic heterocycles. The van der Waals surface area contributed by atoms with Crippen molar-refractivity contribution in [3.8, 4) is 11.8 Å². The van der Waals surface area contributed by atoms with Crippen LogP contribution < -0.4 is 10.1 Å². The van der Waals surface area contributed by atoms with E-state index in [0.717, 1.165) is 22.3 Å². The molecule has 18 heteroatoms. The summed E-state index contributed by atoms with van der Waals surface area (Å²) < 4.78 is 42.5. The van der Waals surface area contributed by atoms with Gasteiger partial charge in [-0.15, -0.1) is 0 Å². The monoisotopic (exact) mass is 916 g/mol. The standard InChI is InChI=1S/C48H53N8O9P/c1-33(2)55(34(3)4)66(63-27-12-26-49)65-42-29-41(30-62-48(36-13-8-6-9-14-36,37-15-10-7-11-16-37)38-19-23-40(60-5)24-20-38)64-46(42)54-32-52-43-44(50-31-51-45(43)54)53-47(57)61-28-25-35-17-21-39(22-18-35)56(58)59/h6-11,13-24,31-34,41-42,46H,12,25,27-30H2,1-5H3,(H,50,51,53,57)/t41-,42+,46+,66?/m0/s1. The summed E-state index contributed by atoms with van der Waals surface area (Å²) in [5, 5.41) is 23.1. The smallest absolute Gasteiger partial charge is 0.412 e. The molecule has 344 valence electrons. The Labute approximate surface area is 384 Å². The predicted octanol–water partition coefficient (Wildman–Crippen LogP) is 9.49. The lowest BCUT2D eigenvalue weighted by Crippen LogP contribution is -2.36. The molecule has 2 aromatic heterocycles. The van der Waals surface area contributed by atoms with E-state index in [4.69, 9.17) is 28.0 Å². The zero-order chi connectivity index (χ0) is 46.6. The third kappa shape index (κ3) is 11.0. The van der Waals surface area contributed by atoms with Crippen LogP contribution in [0.25, 0.3) is 11.2 Å². The van der Waals surface area contributed by atoms with Crippen molar-refractivity contribution in [3.05, 3.63) is 154 Å². The third-order valence-electron chi connectivity index (χ3n) is 11.0. The maximum atomic E-state index is 13.0. The number of nitriles is 1. The average molecular weight is 917 g/mol. The second kappa shape index (κ2) is 22.2. The Bertz CT molecular complexity index is 2510. The van der Waals surface area contributed by atoms with Crippen molar-refractivity contribution in [1.29, 1.82) is 5.26 Å². The number of hydrogen-bond acceptors (Lipinski definition) is 14. The molecule has 0 aliphatic carbocycles. The van der Waals surface area contributed by atoms with E-state index in [2.05, 4.69) is 83.0 Å². The van der Waals surface area contributed by atoms with E-state index in [1.807, 2.05) is 60.7 Å². The number of nitro benzene ring substituents is 1. The minimum Gasteiger partial charge on any atom is -0.497 e. The van der Waals surface area contributed by atoms with Crippen LogP contribution in [0.5, 0.6) is 5.75 Å². The fourth-order valence-corrected chi connectivity index (χ4v) is 9.75. The highest BCUT2D eigenvalue weighted by molar-refractivity contribution is 7.44. The minimum absolute atomic E-state index is 0.0161. The summed E-state index contributed by atoms with van der Waals surface area (Å²) in [6.07, 6.45) is 1.11. The first-order valence-corrected chi connectivity index (χ1v) is 22.8. The van der Waals surface area contributed by atoms with Gasteiger partial charge in [-0.2, -0.15) is 5.26 Å². The highest BCUT2D eigenvalue weighted by atomic mass is 31.2. The average Bonchev–Trinajstić information content (AvgIpc) is 3.94. The summed E-state index contributed by atoms with van der Waals surface area (Å²) in [6, 6.07) is 36.3. The number of methoxy groups -OCH3 is 1. The largest absolute Gasteiger partial charge is 0.497 e. The molecule has 0 spiro atoms. The molecule has 6 aromatic rings. The number of benzene rings is 4. The molecule has 0 saturated carbocycles. The van der Waals surface area contributed by atoms with Crippen molar-refractivity contribution >= 4 is 37.3 Å². The minimum atomic E-state index is -1.70. The van der Waals surface area contributed by atoms with E-state index in [9.17, 15) is 20.2 Å². The zero-order valence-electron chi connectivity index (χ0n) is 37.4. The summed E-state index contributed by atoms with van der Waals surface area (Å²) in [5.74, 6) is 0.838. The first-order valence-electron chi connectivity index (χ1n) is 21.7. The molecule has 0 bridgehead atoms. The molecule has 3 heterocycles. The Kier molecular flexibility index (Phi) is 16.0. The van der Waals surface area contributed by atoms with Gasteiger partial charge >= 0.3 is 6.09 Å². The number of imidazole rings is 1. The second-order valence-corrected chi connectivity index (χ2v) is 17.4. The normalized spacial score (nSPS) is 16.7. The Hall–Kier alpha value is -6.38. The number of nitrogens with zero attached hydrogens (tertiary/aromatic N) is 7. The topological polar surface area (TPSA) is 198 Å². The van der Waals surface area contributed by atoms with Crippen molar-refractivity contribution in [3.63, 3.8) is 0 Å². The number of rotatable bonds is 21. The summed E-state index contributed by atoms with van der Waals surface area (Å²) in [4.78, 5) is 37.1. The molecule has 1 saturated heterocycles. The Morgan fingerprint density at radius 1 is 0.939 bits per heavy atom. The lowest BCUT2D eigenvalue weighted by molar-refractivity contribution is -0.384. The number of hydrogen-bond donors (Lipinski definition) is 1. The lowest BCUT2D eigenvalue weighted by Gasteiger charge is -2.37. The number of anilines is 1. The van der Waals surface area contributed by atoms with Crippen LogP contribution in [0.4, 0.5) is 16.3 Å². The zero-order valence-corrected chi connectivity index (χ0v) is 38.3. The highest BCUT2D eigenvalue weighted by Crippen LogP contribution is 2.51. The van der Waals surface area contributed by atoms with Gasteiger partial charge in [-0.1, -0.05) is 84.9 Å². The van der Waals surface area contributed by atoms with Crippen molar-refractivity contribution in [1.82, 2.24) is 24.2 Å². The van der Waals surface area contributed by atoms with Crippen LogP contribution in [0, 0.1) is 21.4 Å². The van der Waals surface area contributed by atoms with Crippen LogP contribution in [0.15, 0.2) is 122 Å². The van der Waals surface area contributed by atoms with Gasteiger partial charge < -0.3 is 28.0 Å². The molecule has 1 N–H and O–H groups in total. The fourth-order valence-electron chi connectivity index (χ4n) is 8.02. The molecule has 1 aliphatic rings. The second-order valence-electron chi connectivity index (χ2n) is 16.0. The number of carbonyl (C=O) groups excluding carboxylic acids is 1. The van der Waals surface area contributed by atoms with Crippen molar-refractivity contribution in [2.24, 2.45) is 0 Å². The van der Waals surface area contributed by atoms with Crippen molar-refractivity contribution in [2.45, 2.75) is 83.1 Å². The van der Waals surface area contributed by atoms with Crippen LogP contribution in [0.2, 0.25) is 0 Å². The van der Waals surface area contributed by atoms with Gasteiger partial charge in [0.1, 0.15) is 23.8 Å². The Balaban J connectivity index is 1.19. The van der Waals surface area contributed by atoms with Crippen LogP contribution in [0.1, 0.15) is 69.0 Å². The van der Waals surface area contributed by atoms with Crippen molar-refractivity contribution < 1.29 is 37.7 Å². The van der Waals surface area contributed by atoms with Crippen LogP contribution in [-0.4, -0.2) is 86.4 Å². The van der Waals surface area contributed by atoms with E-state index < -0.39 is 43.6 Å². The first kappa shape index (κ1) is 47.6. The molecule has 1 amide bonds. The Morgan fingerprint density at radius 3 is 2.20 bits per heavy atom. The number of ether oxygens (including phenoxy) is 4. The highest BCUT2D eigenvalue weighted by Gasteiger charge is 2.45. The van der Waals surface area contributed by atoms with Gasteiger partial charge in [0, 0.05) is 37.1 Å². The summed E-state index contributed by atoms with van der Waals surface area (Å²) in [7, 11) is -0.0654. The molecule has 4 aromatic carbocycles. The Morgan fingerprint density at radius 2 is 1.59 bits per heavy atom. The van der Waals surface area contributed by atoms with E-state index in [0.29, 0.717) is 24.2 Å². The van der Waals surface area contributed by atoms with E-state index in [1.165, 1.54) is 18.5 Å². The number of non-ortho nitro benzene ring substituents is 1. The van der Waals surface area contributed by atoms with Gasteiger partial charge in [-0.05, 0) is 62.1 Å². The molecule has 7 rings (SSSR count). The van der Waals surface area contributed by atoms with Gasteiger partial charge in [0.05, 0.1) is 56.8 Å². The van der Waals surface area contributed by atoms with Crippen LogP contribution in [-0.2, 0) is 35.3 Å². The molecule has 66 heavy (non-hydrogen) atoms. The number of aromatic nitrogens is 4. The number of fused-ring (bicyclic) bond motifs is 1.